The first kappa shape index (κ1) is 33.5. The summed E-state index contributed by atoms with van der Waals surface area (Å²) >= 11 is 12.6. The Morgan fingerprint density at radius 1 is 0.952 bits per heavy atom. The largest absolute Gasteiger partial charge is 0.369 e. The number of primary amides is 1. The van der Waals surface area contributed by atoms with Crippen molar-refractivity contribution in [2.24, 2.45) is 17.1 Å². The van der Waals surface area contributed by atoms with Crippen LogP contribution in [0.5, 0.6) is 0 Å². The first-order valence-electron chi connectivity index (χ1n) is 13.3. The standard InChI is InChI=1S/C32H34Cl2N2O4S.CH4/c1-20-10-8-9-13-28(20)41(39,40)36-29(32(2,3)4)19-24(30(36)22-14-15-25(33)26(34)17-22)27(37)18-23(31(35)38)16-21-11-6-5-7-12-21;/h5-15,17,19,23,29-30H,16,18H2,1-4H3,(H2,35,38);1H4/t23-,29+,30+;/m1./s1. The lowest BCUT2D eigenvalue weighted by Crippen LogP contribution is -2.45. The highest BCUT2D eigenvalue weighted by molar-refractivity contribution is 7.89. The number of halogens is 2. The highest BCUT2D eigenvalue weighted by atomic mass is 35.5. The second kappa shape index (κ2) is 13.1. The molecular formula is C33H38Cl2N2O4S. The van der Waals surface area contributed by atoms with E-state index >= 15 is 0 Å². The third-order valence-electron chi connectivity index (χ3n) is 7.44. The maximum absolute atomic E-state index is 14.4. The van der Waals surface area contributed by atoms with Gasteiger partial charge >= 0.3 is 0 Å². The van der Waals surface area contributed by atoms with E-state index in [1.807, 2.05) is 51.1 Å². The van der Waals surface area contributed by atoms with Crippen molar-refractivity contribution < 1.29 is 18.0 Å². The Bertz CT molecular complexity index is 1600. The Balaban J connectivity index is 0.00000484. The van der Waals surface area contributed by atoms with Crippen LogP contribution < -0.4 is 5.73 Å². The molecule has 1 aliphatic rings. The van der Waals surface area contributed by atoms with Crippen LogP contribution in [-0.2, 0) is 26.0 Å². The fraction of sp³-hybridized carbons (Fsp3) is 0.333. The van der Waals surface area contributed by atoms with Gasteiger partial charge in [-0.25, -0.2) is 8.42 Å². The minimum atomic E-state index is -4.12. The summed E-state index contributed by atoms with van der Waals surface area (Å²) in [7, 11) is -4.12. The average Bonchev–Trinajstić information content (AvgIpc) is 3.33. The second-order valence-corrected chi connectivity index (χ2v) is 14.2. The first-order valence-corrected chi connectivity index (χ1v) is 15.5. The molecule has 4 rings (SSSR count). The van der Waals surface area contributed by atoms with Gasteiger partial charge < -0.3 is 5.73 Å². The molecule has 0 fully saturated rings. The lowest BCUT2D eigenvalue weighted by atomic mass is 9.86. The summed E-state index contributed by atoms with van der Waals surface area (Å²) in [6.07, 6.45) is 1.86. The van der Waals surface area contributed by atoms with Gasteiger partial charge in [-0.1, -0.05) is 112 Å². The number of carbonyl (C=O) groups is 2. The van der Waals surface area contributed by atoms with Gasteiger partial charge in [-0.15, -0.1) is 0 Å². The molecule has 42 heavy (non-hydrogen) atoms. The smallest absolute Gasteiger partial charge is 0.244 e. The average molecular weight is 630 g/mol. The monoisotopic (exact) mass is 628 g/mol. The molecule has 0 spiro atoms. The maximum Gasteiger partial charge on any atom is 0.244 e. The molecule has 3 aromatic carbocycles. The zero-order valence-electron chi connectivity index (χ0n) is 23.5. The molecule has 0 saturated heterocycles. The molecule has 224 valence electrons. The molecule has 2 N–H and O–H groups in total. The number of aryl methyl sites for hydroxylation is 1. The van der Waals surface area contributed by atoms with Crippen LogP contribution in [0.4, 0.5) is 0 Å². The van der Waals surface area contributed by atoms with Crippen LogP contribution in [0.15, 0.2) is 89.3 Å². The van der Waals surface area contributed by atoms with E-state index in [4.69, 9.17) is 28.9 Å². The summed E-state index contributed by atoms with van der Waals surface area (Å²) in [4.78, 5) is 26.7. The van der Waals surface area contributed by atoms with Crippen LogP contribution in [0.2, 0.25) is 10.0 Å². The molecule has 0 bridgehead atoms. The molecule has 6 nitrogen and oxygen atoms in total. The minimum Gasteiger partial charge on any atom is -0.369 e. The van der Waals surface area contributed by atoms with Crippen molar-refractivity contribution in [3.63, 3.8) is 0 Å². The fourth-order valence-electron chi connectivity index (χ4n) is 5.28. The van der Waals surface area contributed by atoms with E-state index in [-0.39, 0.29) is 35.1 Å². The fourth-order valence-corrected chi connectivity index (χ4v) is 7.73. The molecule has 0 aliphatic carbocycles. The number of rotatable bonds is 9. The topological polar surface area (TPSA) is 97.5 Å². The maximum atomic E-state index is 14.4. The third kappa shape index (κ3) is 6.97. The second-order valence-electron chi connectivity index (χ2n) is 11.5. The molecule has 1 amide bonds. The van der Waals surface area contributed by atoms with Crippen molar-refractivity contribution in [1.82, 2.24) is 4.31 Å². The molecule has 3 aromatic rings. The van der Waals surface area contributed by atoms with Crippen LogP contribution in [-0.4, -0.2) is 30.5 Å². The summed E-state index contributed by atoms with van der Waals surface area (Å²) in [6.45, 7) is 7.52. The van der Waals surface area contributed by atoms with Crippen LogP contribution in [0, 0.1) is 18.3 Å². The highest BCUT2D eigenvalue weighted by Gasteiger charge is 2.50. The molecule has 9 heteroatoms. The quantitative estimate of drug-likeness (QED) is 0.268. The molecule has 0 saturated carbocycles. The van der Waals surface area contributed by atoms with Gasteiger partial charge in [0.1, 0.15) is 0 Å². The normalized spacial score (nSPS) is 18.2. The van der Waals surface area contributed by atoms with E-state index in [0.29, 0.717) is 22.6 Å². The van der Waals surface area contributed by atoms with E-state index in [2.05, 4.69) is 0 Å². The summed E-state index contributed by atoms with van der Waals surface area (Å²) in [5, 5.41) is 0.546. The molecule has 3 atom stereocenters. The predicted octanol–water partition coefficient (Wildman–Crippen LogP) is 7.33. The van der Waals surface area contributed by atoms with Gasteiger partial charge in [0.15, 0.2) is 5.78 Å². The van der Waals surface area contributed by atoms with Gasteiger partial charge in [0.2, 0.25) is 15.9 Å². The third-order valence-corrected chi connectivity index (χ3v) is 10.2. The highest BCUT2D eigenvalue weighted by Crippen LogP contribution is 2.47. The SMILES string of the molecule is C.Cc1ccccc1S(=O)(=O)N1[C@@H](c2ccc(Cl)c(Cl)c2)C(C(=O)C[C@@H](Cc2ccccc2)C(N)=O)=C[C@H]1C(C)(C)C. The van der Waals surface area contributed by atoms with Crippen LogP contribution in [0.1, 0.15) is 57.4 Å². The van der Waals surface area contributed by atoms with E-state index in [1.54, 1.807) is 55.5 Å². The van der Waals surface area contributed by atoms with Crippen molar-refractivity contribution in [2.75, 3.05) is 0 Å². The van der Waals surface area contributed by atoms with Crippen LogP contribution in [0.3, 0.4) is 0 Å². The lowest BCUT2D eigenvalue weighted by molar-refractivity contribution is -0.126. The Labute approximate surface area is 259 Å². The zero-order valence-corrected chi connectivity index (χ0v) is 25.8. The lowest BCUT2D eigenvalue weighted by Gasteiger charge is -2.37. The predicted molar refractivity (Wildman–Crippen MR) is 170 cm³/mol. The van der Waals surface area contributed by atoms with Crippen molar-refractivity contribution >= 4 is 44.9 Å². The van der Waals surface area contributed by atoms with E-state index in [9.17, 15) is 18.0 Å². The zero-order chi connectivity index (χ0) is 30.1. The molecule has 0 unspecified atom stereocenters. The van der Waals surface area contributed by atoms with Gasteiger partial charge in [-0.3, -0.25) is 9.59 Å². The summed E-state index contributed by atoms with van der Waals surface area (Å²) < 4.78 is 30.3. The molecular weight excluding hydrogens is 591 g/mol. The number of sulfonamides is 1. The Morgan fingerprint density at radius 2 is 1.57 bits per heavy atom. The first-order chi connectivity index (χ1) is 19.2. The molecule has 1 heterocycles. The van der Waals surface area contributed by atoms with Crippen LogP contribution in [0.25, 0.3) is 0 Å². The van der Waals surface area contributed by atoms with E-state index in [1.165, 1.54) is 4.31 Å². The van der Waals surface area contributed by atoms with Gasteiger partial charge in [-0.05, 0) is 53.6 Å². The minimum absolute atomic E-state index is 0. The molecule has 0 aromatic heterocycles. The van der Waals surface area contributed by atoms with Gasteiger partial charge in [0.25, 0.3) is 0 Å². The van der Waals surface area contributed by atoms with Gasteiger partial charge in [-0.2, -0.15) is 4.31 Å². The number of nitrogens with two attached hydrogens (primary N) is 1. The number of nitrogens with zero attached hydrogens (tertiary/aromatic N) is 1. The number of ketones is 1. The molecule has 1 aliphatic heterocycles. The number of hydrogen-bond donors (Lipinski definition) is 1. The summed E-state index contributed by atoms with van der Waals surface area (Å²) in [5.74, 6) is -1.71. The van der Waals surface area contributed by atoms with Crippen molar-refractivity contribution in [1.29, 1.82) is 0 Å². The van der Waals surface area contributed by atoms with Gasteiger partial charge in [0.05, 0.1) is 21.0 Å². The number of amides is 1. The van der Waals surface area contributed by atoms with Gasteiger partial charge in [0, 0.05) is 24.0 Å². The van der Waals surface area contributed by atoms with E-state index < -0.39 is 39.3 Å². The number of benzene rings is 3. The van der Waals surface area contributed by atoms with Crippen LogP contribution >= 0.6 is 23.2 Å². The van der Waals surface area contributed by atoms with Crippen molar-refractivity contribution in [2.45, 2.75) is 64.9 Å². The van der Waals surface area contributed by atoms with Crippen molar-refractivity contribution in [3.05, 3.63) is 111 Å². The van der Waals surface area contributed by atoms with E-state index in [0.717, 1.165) is 5.56 Å². The Hall–Kier alpha value is -2.97. The Kier molecular flexibility index (Phi) is 10.5. The Morgan fingerprint density at radius 3 is 2.14 bits per heavy atom. The number of Topliss-reactive ketones (excluding diaryl/α,β-unsaturated/α-hetero) is 1. The summed E-state index contributed by atoms with van der Waals surface area (Å²) in [6, 6.07) is 19.3. The summed E-state index contributed by atoms with van der Waals surface area (Å²) in [5.41, 5.74) is 7.41. The number of carbonyl (C=O) groups excluding carboxylic acids is 2. The molecule has 0 radical (unpaired) electrons. The van der Waals surface area contributed by atoms with Crippen molar-refractivity contribution in [3.8, 4) is 0 Å². The number of hydrogen-bond acceptors (Lipinski definition) is 4.